The van der Waals surface area contributed by atoms with Crippen molar-refractivity contribution in [2.45, 2.75) is 95.7 Å². The molecule has 2 fully saturated rings. The molecule has 1 amide bonds. The molecule has 1 heterocycles. The van der Waals surface area contributed by atoms with Crippen LogP contribution in [-0.4, -0.2) is 41.5 Å². The molecule has 2 aliphatic rings. The molecule has 2 saturated carbocycles. The molecule has 0 radical (unpaired) electrons. The van der Waals surface area contributed by atoms with Crippen LogP contribution in [0.1, 0.15) is 81.8 Å². The lowest BCUT2D eigenvalue weighted by atomic mass is 9.80. The van der Waals surface area contributed by atoms with Crippen LogP contribution >= 0.6 is 23.2 Å². The normalized spacial score (nSPS) is 20.5. The van der Waals surface area contributed by atoms with Gasteiger partial charge in [-0.05, 0) is 77.5 Å². The highest BCUT2D eigenvalue weighted by Crippen LogP contribution is 2.40. The number of aliphatic carboxylic acids is 1. The Morgan fingerprint density at radius 2 is 1.72 bits per heavy atom. The van der Waals surface area contributed by atoms with E-state index in [9.17, 15) is 18.0 Å². The minimum Gasteiger partial charge on any atom is -0.481 e. The van der Waals surface area contributed by atoms with Gasteiger partial charge in [-0.1, -0.05) is 42.5 Å². The zero-order valence-electron chi connectivity index (χ0n) is 22.8. The number of aromatic nitrogens is 1. The summed E-state index contributed by atoms with van der Waals surface area (Å²) in [5.41, 5.74) is 1.80. The quantitative estimate of drug-likeness (QED) is 0.344. The van der Waals surface area contributed by atoms with Crippen molar-refractivity contribution in [3.8, 4) is 11.3 Å². The van der Waals surface area contributed by atoms with E-state index in [-0.39, 0.29) is 26.9 Å². The third-order valence-corrected chi connectivity index (χ3v) is 10.4. The van der Waals surface area contributed by atoms with Crippen molar-refractivity contribution in [3.05, 3.63) is 39.5 Å². The topological polar surface area (TPSA) is 118 Å². The number of carboxylic acid groups (broad SMARTS) is 1. The van der Waals surface area contributed by atoms with Gasteiger partial charge in [0.05, 0.1) is 27.2 Å². The molecule has 39 heavy (non-hydrogen) atoms. The van der Waals surface area contributed by atoms with Crippen molar-refractivity contribution >= 4 is 45.1 Å². The fourth-order valence-corrected chi connectivity index (χ4v) is 7.85. The summed E-state index contributed by atoms with van der Waals surface area (Å²) < 4.78 is 30.7. The number of hydrogen-bond donors (Lipinski definition) is 3. The zero-order chi connectivity index (χ0) is 28.7. The minimum atomic E-state index is -3.92. The number of amides is 1. The van der Waals surface area contributed by atoms with Gasteiger partial charge in [0, 0.05) is 29.4 Å². The van der Waals surface area contributed by atoms with Crippen LogP contribution in [0.2, 0.25) is 10.0 Å². The summed E-state index contributed by atoms with van der Waals surface area (Å²) in [5, 5.41) is 12.2. The third-order valence-electron chi connectivity index (χ3n) is 7.65. The van der Waals surface area contributed by atoms with Crippen molar-refractivity contribution in [3.63, 3.8) is 0 Å². The molecule has 0 unspecified atom stereocenters. The molecule has 1 aromatic carbocycles. The first kappa shape index (κ1) is 29.9. The van der Waals surface area contributed by atoms with Crippen molar-refractivity contribution in [2.24, 2.45) is 11.8 Å². The molecule has 0 saturated heterocycles. The molecule has 2 aliphatic carbocycles. The average Bonchev–Trinajstić information content (AvgIpc) is 3.12. The van der Waals surface area contributed by atoms with E-state index in [0.717, 1.165) is 18.5 Å². The van der Waals surface area contributed by atoms with Crippen molar-refractivity contribution < 1.29 is 23.1 Å². The van der Waals surface area contributed by atoms with Crippen molar-refractivity contribution in [1.82, 2.24) is 14.6 Å². The Hall–Kier alpha value is -2.07. The Morgan fingerprint density at radius 1 is 1.08 bits per heavy atom. The van der Waals surface area contributed by atoms with E-state index in [1.807, 2.05) is 6.92 Å². The second kappa shape index (κ2) is 11.4. The van der Waals surface area contributed by atoms with Crippen molar-refractivity contribution in [2.75, 3.05) is 0 Å². The number of benzene rings is 1. The van der Waals surface area contributed by atoms with Gasteiger partial charge in [0.2, 0.25) is 10.0 Å². The second-order valence-electron chi connectivity index (χ2n) is 11.9. The number of nitrogens with one attached hydrogen (secondary N) is 2. The molecule has 0 atom stereocenters. The summed E-state index contributed by atoms with van der Waals surface area (Å²) in [5.74, 6) is -1.08. The van der Waals surface area contributed by atoms with Gasteiger partial charge in [-0.25, -0.2) is 13.1 Å². The Bertz CT molecular complexity index is 1370. The molecule has 0 spiro atoms. The lowest BCUT2D eigenvalue weighted by molar-refractivity contribution is -0.145. The van der Waals surface area contributed by atoms with Crippen molar-refractivity contribution in [1.29, 1.82) is 0 Å². The monoisotopic (exact) mass is 597 g/mol. The minimum absolute atomic E-state index is 0.0748. The molecule has 8 nitrogen and oxygen atoms in total. The molecule has 3 N–H and O–H groups in total. The standard InChI is InChI=1S/C28H37Cl2N3O5S/c1-16-21(26(34)31-19-12-18(13-19)27(35)36)14-22(33(16)15-17-8-6-5-7-9-17)20-10-11-23(25(30)24(20)29)39(37,38)32-28(2,3)4/h10-11,14,17-19,32H,5-9,12-13,15H2,1-4H3,(H,31,34)(H,35,36). The summed E-state index contributed by atoms with van der Waals surface area (Å²) in [7, 11) is -3.92. The first-order chi connectivity index (χ1) is 18.2. The van der Waals surface area contributed by atoms with Gasteiger partial charge in [-0.3, -0.25) is 9.59 Å². The zero-order valence-corrected chi connectivity index (χ0v) is 25.1. The van der Waals surface area contributed by atoms with E-state index in [1.54, 1.807) is 32.9 Å². The Labute approximate surface area is 240 Å². The maximum atomic E-state index is 13.3. The largest absolute Gasteiger partial charge is 0.481 e. The molecule has 2 aromatic rings. The molecule has 4 rings (SSSR count). The van der Waals surface area contributed by atoms with Gasteiger partial charge in [0.15, 0.2) is 0 Å². The number of sulfonamides is 1. The van der Waals surface area contributed by atoms with Gasteiger partial charge in [0.25, 0.3) is 5.91 Å². The fraction of sp³-hybridized carbons (Fsp3) is 0.571. The maximum absolute atomic E-state index is 13.3. The van der Waals surface area contributed by atoms with E-state index >= 15 is 0 Å². The Balaban J connectivity index is 1.71. The van der Waals surface area contributed by atoms with Gasteiger partial charge in [-0.2, -0.15) is 0 Å². The number of carbonyl (C=O) groups is 2. The molecule has 11 heteroatoms. The number of halogens is 2. The SMILES string of the molecule is Cc1c(C(=O)NC2CC(C(=O)O)C2)cc(-c2ccc(S(=O)(=O)NC(C)(C)C)c(Cl)c2Cl)n1CC1CCCCC1. The summed E-state index contributed by atoms with van der Waals surface area (Å²) in [6.07, 6.45) is 6.58. The molecular weight excluding hydrogens is 561 g/mol. The summed E-state index contributed by atoms with van der Waals surface area (Å²) in [6.45, 7) is 7.83. The van der Waals surface area contributed by atoms with Gasteiger partial charge >= 0.3 is 5.97 Å². The molecule has 214 valence electrons. The molecular formula is C28H37Cl2N3O5S. The summed E-state index contributed by atoms with van der Waals surface area (Å²) in [6, 6.07) is 4.69. The van der Waals surface area contributed by atoms with E-state index in [0.29, 0.717) is 42.1 Å². The third kappa shape index (κ3) is 6.64. The highest BCUT2D eigenvalue weighted by Gasteiger charge is 2.36. The molecule has 1 aromatic heterocycles. The first-order valence-corrected chi connectivity index (χ1v) is 15.7. The molecule has 0 bridgehead atoms. The highest BCUT2D eigenvalue weighted by molar-refractivity contribution is 7.89. The number of hydrogen-bond acceptors (Lipinski definition) is 4. The van der Waals surface area contributed by atoms with Gasteiger partial charge in [-0.15, -0.1) is 0 Å². The number of carboxylic acids is 1. The second-order valence-corrected chi connectivity index (χ2v) is 14.3. The van der Waals surface area contributed by atoms with E-state index < -0.39 is 27.4 Å². The van der Waals surface area contributed by atoms with Crippen LogP contribution in [0.25, 0.3) is 11.3 Å². The predicted molar refractivity (Wildman–Crippen MR) is 153 cm³/mol. The van der Waals surface area contributed by atoms with Crippen LogP contribution < -0.4 is 10.0 Å². The number of carbonyl (C=O) groups excluding carboxylic acids is 1. The van der Waals surface area contributed by atoms with Gasteiger partial charge in [0.1, 0.15) is 4.90 Å². The van der Waals surface area contributed by atoms with E-state index in [2.05, 4.69) is 14.6 Å². The van der Waals surface area contributed by atoms with Crippen LogP contribution in [0.3, 0.4) is 0 Å². The van der Waals surface area contributed by atoms with Crippen LogP contribution in [0, 0.1) is 18.8 Å². The first-order valence-electron chi connectivity index (χ1n) is 13.4. The maximum Gasteiger partial charge on any atom is 0.306 e. The molecule has 0 aliphatic heterocycles. The van der Waals surface area contributed by atoms with E-state index in [4.69, 9.17) is 28.3 Å². The Morgan fingerprint density at radius 3 is 2.31 bits per heavy atom. The lowest BCUT2D eigenvalue weighted by Crippen LogP contribution is -2.46. The fourth-order valence-electron chi connectivity index (χ4n) is 5.56. The summed E-state index contributed by atoms with van der Waals surface area (Å²) >= 11 is 13.3. The predicted octanol–water partition coefficient (Wildman–Crippen LogP) is 6.02. The highest BCUT2D eigenvalue weighted by atomic mass is 35.5. The van der Waals surface area contributed by atoms with Gasteiger partial charge < -0.3 is 15.0 Å². The van der Waals surface area contributed by atoms with Crippen LogP contribution in [0.5, 0.6) is 0 Å². The van der Waals surface area contributed by atoms with Crippen LogP contribution in [-0.2, 0) is 21.4 Å². The van der Waals surface area contributed by atoms with Crippen LogP contribution in [0.15, 0.2) is 23.1 Å². The number of rotatable bonds is 8. The number of nitrogens with zero attached hydrogens (tertiary/aromatic N) is 1. The smallest absolute Gasteiger partial charge is 0.306 e. The van der Waals surface area contributed by atoms with E-state index in [1.165, 1.54) is 25.3 Å². The summed E-state index contributed by atoms with van der Waals surface area (Å²) in [4.78, 5) is 24.3. The average molecular weight is 599 g/mol. The Kier molecular flexibility index (Phi) is 8.76. The lowest BCUT2D eigenvalue weighted by Gasteiger charge is -2.32. The van der Waals surface area contributed by atoms with Crippen LogP contribution in [0.4, 0.5) is 0 Å².